The highest BCUT2D eigenvalue weighted by Crippen LogP contribution is 2.33. The van der Waals surface area contributed by atoms with E-state index >= 15 is 0 Å². The maximum absolute atomic E-state index is 13.9. The molecule has 1 amide bonds. The van der Waals surface area contributed by atoms with Crippen molar-refractivity contribution >= 4 is 50.6 Å². The summed E-state index contributed by atoms with van der Waals surface area (Å²) in [5, 5.41) is 14.0. The molecule has 2 aromatic heterocycles. The van der Waals surface area contributed by atoms with Crippen LogP contribution < -0.4 is 20.2 Å². The first-order chi connectivity index (χ1) is 20.7. The van der Waals surface area contributed by atoms with E-state index in [9.17, 15) is 24.1 Å². The number of carbonyl (C=O) groups is 1. The van der Waals surface area contributed by atoms with Crippen molar-refractivity contribution in [3.05, 3.63) is 148 Å². The molecule has 0 unspecified atom stereocenters. The maximum Gasteiger partial charge on any atom is 0.271 e. The Hall–Kier alpha value is -4.94. The van der Waals surface area contributed by atoms with Gasteiger partial charge in [-0.25, -0.2) is 9.38 Å². The standard InChI is InChI=1S/C31H20BrFN4O5S/c1-17-27(29(38)35-20-5-3-2-4-6-20)28(18-7-9-19(33)10-8-18)36-30(39)26(43-31(36)34-17)16-22-12-14-25(42-22)23-13-11-21(37(40)41)15-24(23)32/h2-16,28H,1H3,(H,35,38)/b26-16+/t28-/m1/s1. The van der Waals surface area contributed by atoms with E-state index in [2.05, 4.69) is 26.2 Å². The highest BCUT2D eigenvalue weighted by atomic mass is 79.9. The molecule has 1 aliphatic rings. The molecule has 0 aliphatic carbocycles. The number of para-hydroxylation sites is 1. The van der Waals surface area contributed by atoms with Crippen molar-refractivity contribution in [3.63, 3.8) is 0 Å². The van der Waals surface area contributed by atoms with Crippen molar-refractivity contribution in [3.8, 4) is 11.3 Å². The molecule has 0 saturated heterocycles. The Kier molecular flexibility index (Phi) is 7.46. The van der Waals surface area contributed by atoms with Crippen LogP contribution in [-0.2, 0) is 4.79 Å². The minimum Gasteiger partial charge on any atom is -0.457 e. The summed E-state index contributed by atoms with van der Waals surface area (Å²) in [5.41, 5.74) is 1.96. The third-order valence-corrected chi connectivity index (χ3v) is 8.45. The fourth-order valence-corrected chi connectivity index (χ4v) is 6.40. The van der Waals surface area contributed by atoms with Gasteiger partial charge in [-0.3, -0.25) is 24.3 Å². The molecular formula is C31H20BrFN4O5S. The number of carbonyl (C=O) groups excluding carboxylic acids is 1. The number of nitrogens with one attached hydrogen (secondary N) is 1. The number of nitro benzene ring substituents is 1. The summed E-state index contributed by atoms with van der Waals surface area (Å²) < 4.78 is 22.1. The first-order valence-electron chi connectivity index (χ1n) is 12.9. The summed E-state index contributed by atoms with van der Waals surface area (Å²) in [6.07, 6.45) is 1.58. The average Bonchev–Trinajstić information content (AvgIpc) is 3.57. The van der Waals surface area contributed by atoms with Gasteiger partial charge in [0.1, 0.15) is 17.3 Å². The summed E-state index contributed by atoms with van der Waals surface area (Å²) in [5.74, 6) is -0.0526. The van der Waals surface area contributed by atoms with Gasteiger partial charge in [0.15, 0.2) is 4.80 Å². The third-order valence-electron chi connectivity index (χ3n) is 6.81. The second kappa shape index (κ2) is 11.4. The van der Waals surface area contributed by atoms with E-state index in [-0.39, 0.29) is 11.3 Å². The molecule has 1 aliphatic heterocycles. The van der Waals surface area contributed by atoms with Crippen LogP contribution in [0.4, 0.5) is 15.8 Å². The van der Waals surface area contributed by atoms with Crippen LogP contribution in [0.5, 0.6) is 0 Å². The van der Waals surface area contributed by atoms with E-state index < -0.39 is 28.2 Å². The SMILES string of the molecule is CC1=C(C(=O)Nc2ccccc2)[C@@H](c2ccc(F)cc2)n2c(s/c(=C/c3ccc(-c4ccc([N+](=O)[O-])cc4Br)o3)c2=O)=N1. The minimum atomic E-state index is -0.856. The molecule has 3 aromatic carbocycles. The number of non-ortho nitro benzene ring substituents is 1. The molecule has 0 radical (unpaired) electrons. The molecule has 0 fully saturated rings. The number of benzene rings is 3. The lowest BCUT2D eigenvalue weighted by atomic mass is 9.95. The second-order valence-corrected chi connectivity index (χ2v) is 11.4. The molecule has 5 aromatic rings. The van der Waals surface area contributed by atoms with Crippen LogP contribution in [-0.4, -0.2) is 15.4 Å². The molecule has 214 valence electrons. The van der Waals surface area contributed by atoms with Gasteiger partial charge in [-0.05, 0) is 70.9 Å². The fraction of sp³-hybridized carbons (Fsp3) is 0.0645. The zero-order valence-electron chi connectivity index (χ0n) is 22.3. The van der Waals surface area contributed by atoms with Gasteiger partial charge < -0.3 is 9.73 Å². The quantitative estimate of drug-likeness (QED) is 0.179. The second-order valence-electron chi connectivity index (χ2n) is 9.58. The topological polar surface area (TPSA) is 120 Å². The van der Waals surface area contributed by atoms with E-state index in [1.54, 1.807) is 67.6 Å². The van der Waals surface area contributed by atoms with Crippen LogP contribution in [0, 0.1) is 15.9 Å². The van der Waals surface area contributed by atoms with Crippen molar-refractivity contribution in [2.24, 2.45) is 4.99 Å². The summed E-state index contributed by atoms with van der Waals surface area (Å²) >= 11 is 4.49. The summed E-state index contributed by atoms with van der Waals surface area (Å²) in [6, 6.07) is 21.5. The first kappa shape index (κ1) is 28.2. The molecule has 43 heavy (non-hydrogen) atoms. The predicted molar refractivity (Wildman–Crippen MR) is 164 cm³/mol. The van der Waals surface area contributed by atoms with Gasteiger partial charge in [-0.1, -0.05) is 41.7 Å². The summed E-state index contributed by atoms with van der Waals surface area (Å²) in [6.45, 7) is 1.70. The van der Waals surface area contributed by atoms with Gasteiger partial charge in [-0.15, -0.1) is 0 Å². The largest absolute Gasteiger partial charge is 0.457 e. The number of anilines is 1. The van der Waals surface area contributed by atoms with Crippen LogP contribution in [0.3, 0.4) is 0 Å². The van der Waals surface area contributed by atoms with E-state index in [1.165, 1.54) is 28.8 Å². The zero-order chi connectivity index (χ0) is 30.2. The molecule has 1 atom stereocenters. The van der Waals surface area contributed by atoms with Gasteiger partial charge >= 0.3 is 0 Å². The highest BCUT2D eigenvalue weighted by molar-refractivity contribution is 9.10. The number of thiazole rings is 1. The van der Waals surface area contributed by atoms with Crippen molar-refractivity contribution in [2.75, 3.05) is 5.32 Å². The van der Waals surface area contributed by atoms with Crippen LogP contribution in [0.25, 0.3) is 17.4 Å². The van der Waals surface area contributed by atoms with Crippen molar-refractivity contribution in [2.45, 2.75) is 13.0 Å². The number of hydrogen-bond acceptors (Lipinski definition) is 7. The molecule has 1 N–H and O–H groups in total. The van der Waals surface area contributed by atoms with Crippen LogP contribution in [0.2, 0.25) is 0 Å². The van der Waals surface area contributed by atoms with Crippen molar-refractivity contribution in [1.29, 1.82) is 0 Å². The monoisotopic (exact) mass is 658 g/mol. The molecule has 12 heteroatoms. The van der Waals surface area contributed by atoms with Crippen LogP contribution in [0.1, 0.15) is 24.3 Å². The molecule has 6 rings (SSSR count). The Balaban J connectivity index is 1.43. The first-order valence-corrected chi connectivity index (χ1v) is 14.5. The lowest BCUT2D eigenvalue weighted by Crippen LogP contribution is -2.40. The number of amides is 1. The van der Waals surface area contributed by atoms with Gasteiger partial charge in [0.05, 0.1) is 26.8 Å². The number of hydrogen-bond donors (Lipinski definition) is 1. The Morgan fingerprint density at radius 2 is 1.86 bits per heavy atom. The van der Waals surface area contributed by atoms with Crippen LogP contribution in [0.15, 0.2) is 115 Å². The Labute approximate surface area is 255 Å². The molecule has 3 heterocycles. The number of rotatable bonds is 6. The molecule has 0 spiro atoms. The molecule has 0 bridgehead atoms. The summed E-state index contributed by atoms with van der Waals surface area (Å²) in [7, 11) is 0. The average molecular weight is 659 g/mol. The molecule has 9 nitrogen and oxygen atoms in total. The number of fused-ring (bicyclic) bond motifs is 1. The Bertz CT molecular complexity index is 2120. The number of halogens is 2. The fourth-order valence-electron chi connectivity index (χ4n) is 4.81. The Morgan fingerprint density at radius 1 is 1.12 bits per heavy atom. The predicted octanol–water partition coefficient (Wildman–Crippen LogP) is 5.94. The van der Waals surface area contributed by atoms with Gasteiger partial charge in [0.25, 0.3) is 17.2 Å². The van der Waals surface area contributed by atoms with E-state index in [1.807, 2.05) is 6.07 Å². The number of furan rings is 1. The van der Waals surface area contributed by atoms with Crippen molar-refractivity contribution in [1.82, 2.24) is 4.57 Å². The highest BCUT2D eigenvalue weighted by Gasteiger charge is 2.32. The molecular weight excluding hydrogens is 639 g/mol. The van der Waals surface area contributed by atoms with Crippen LogP contribution >= 0.6 is 27.3 Å². The van der Waals surface area contributed by atoms with E-state index in [0.29, 0.717) is 47.8 Å². The number of nitro groups is 1. The zero-order valence-corrected chi connectivity index (χ0v) is 24.7. The minimum absolute atomic E-state index is 0.0636. The van der Waals surface area contributed by atoms with Gasteiger partial charge in [0, 0.05) is 33.9 Å². The lowest BCUT2D eigenvalue weighted by Gasteiger charge is -2.25. The lowest BCUT2D eigenvalue weighted by molar-refractivity contribution is -0.384. The maximum atomic E-state index is 13.9. The normalized spacial score (nSPS) is 14.8. The number of allylic oxidation sites excluding steroid dienone is 1. The van der Waals surface area contributed by atoms with E-state index in [4.69, 9.17) is 4.42 Å². The molecule has 0 saturated carbocycles. The van der Waals surface area contributed by atoms with Crippen molar-refractivity contribution < 1.29 is 18.5 Å². The van der Waals surface area contributed by atoms with Gasteiger partial charge in [-0.2, -0.15) is 0 Å². The smallest absolute Gasteiger partial charge is 0.271 e. The van der Waals surface area contributed by atoms with Gasteiger partial charge in [0.2, 0.25) is 0 Å². The third kappa shape index (κ3) is 5.49. The number of aromatic nitrogens is 1. The number of nitrogens with zero attached hydrogens (tertiary/aromatic N) is 3. The summed E-state index contributed by atoms with van der Waals surface area (Å²) in [4.78, 5) is 43.1. The Morgan fingerprint density at radius 3 is 2.56 bits per heavy atom. The van der Waals surface area contributed by atoms with E-state index in [0.717, 1.165) is 11.3 Å².